The maximum atomic E-state index is 13.2. The summed E-state index contributed by atoms with van der Waals surface area (Å²) >= 11 is 0. The molecule has 1 amide bonds. The highest BCUT2D eigenvalue weighted by Crippen LogP contribution is 2.30. The molecule has 1 aliphatic heterocycles. The fourth-order valence-corrected chi connectivity index (χ4v) is 4.68. The number of nitrogens with one attached hydrogen (secondary N) is 1. The molecule has 32 heavy (non-hydrogen) atoms. The Balaban J connectivity index is 1.28. The zero-order chi connectivity index (χ0) is 21.9. The second kappa shape index (κ2) is 9.01. The van der Waals surface area contributed by atoms with Gasteiger partial charge in [0.1, 0.15) is 11.3 Å². The molecule has 1 N–H and O–H groups in total. The third-order valence-electron chi connectivity index (χ3n) is 6.28. The van der Waals surface area contributed by atoms with Crippen molar-refractivity contribution in [3.8, 4) is 0 Å². The Morgan fingerprint density at radius 3 is 2.84 bits per heavy atom. The van der Waals surface area contributed by atoms with Gasteiger partial charge >= 0.3 is 0 Å². The summed E-state index contributed by atoms with van der Waals surface area (Å²) in [4.78, 5) is 17.4. The fraction of sp³-hybridized carbons (Fsp3) is 0.308. The summed E-state index contributed by atoms with van der Waals surface area (Å²) in [6.07, 6.45) is 3.80. The number of para-hydroxylation sites is 1. The molecule has 3 heterocycles. The summed E-state index contributed by atoms with van der Waals surface area (Å²) in [6, 6.07) is 20.3. The lowest BCUT2D eigenvalue weighted by Gasteiger charge is -2.32. The van der Waals surface area contributed by atoms with Gasteiger partial charge in [-0.3, -0.25) is 14.8 Å². The summed E-state index contributed by atoms with van der Waals surface area (Å²) < 4.78 is 6.02. The SMILES string of the molecule is CN(Cc1ccccc1)C(=O)c1cn[nH]c1[C@H]1CCCN(Cc2cc3ccccc3o2)C1. The van der Waals surface area contributed by atoms with Gasteiger partial charge in [-0.15, -0.1) is 0 Å². The van der Waals surface area contributed by atoms with Crippen LogP contribution in [0.3, 0.4) is 0 Å². The number of likely N-dealkylation sites (tertiary alicyclic amines) is 1. The molecule has 0 bridgehead atoms. The third kappa shape index (κ3) is 4.32. The molecule has 6 heteroatoms. The van der Waals surface area contributed by atoms with Crippen molar-refractivity contribution in [3.05, 3.63) is 89.4 Å². The number of furan rings is 1. The molecule has 4 aromatic rings. The van der Waals surface area contributed by atoms with Gasteiger partial charge in [0, 0.05) is 31.4 Å². The molecule has 164 valence electrons. The van der Waals surface area contributed by atoms with Gasteiger partial charge in [-0.1, -0.05) is 48.5 Å². The van der Waals surface area contributed by atoms with E-state index in [0.717, 1.165) is 60.5 Å². The minimum atomic E-state index is 0.00649. The number of fused-ring (bicyclic) bond motifs is 1. The molecule has 5 rings (SSSR count). The van der Waals surface area contributed by atoms with Crippen LogP contribution in [0.5, 0.6) is 0 Å². The minimum Gasteiger partial charge on any atom is -0.460 e. The number of carbonyl (C=O) groups excluding carboxylic acids is 1. The molecule has 1 fully saturated rings. The van der Waals surface area contributed by atoms with Gasteiger partial charge in [-0.05, 0) is 37.1 Å². The molecule has 6 nitrogen and oxygen atoms in total. The first-order chi connectivity index (χ1) is 15.7. The molecule has 0 spiro atoms. The first-order valence-corrected chi connectivity index (χ1v) is 11.2. The number of amides is 1. The van der Waals surface area contributed by atoms with Crippen LogP contribution in [0.4, 0.5) is 0 Å². The first-order valence-electron chi connectivity index (χ1n) is 11.2. The van der Waals surface area contributed by atoms with Crippen LogP contribution >= 0.6 is 0 Å². The van der Waals surface area contributed by atoms with Crippen molar-refractivity contribution in [2.75, 3.05) is 20.1 Å². The lowest BCUT2D eigenvalue weighted by Crippen LogP contribution is -2.35. The number of hydrogen-bond acceptors (Lipinski definition) is 4. The van der Waals surface area contributed by atoms with Crippen LogP contribution in [0, 0.1) is 0 Å². The lowest BCUT2D eigenvalue weighted by atomic mass is 9.92. The Bertz CT molecular complexity index is 1160. The van der Waals surface area contributed by atoms with E-state index in [1.165, 1.54) is 0 Å². The first kappa shape index (κ1) is 20.5. The number of rotatable bonds is 6. The average molecular weight is 429 g/mol. The van der Waals surface area contributed by atoms with Gasteiger partial charge in [-0.2, -0.15) is 5.10 Å². The molecular weight excluding hydrogens is 400 g/mol. The van der Waals surface area contributed by atoms with Gasteiger partial charge in [0.2, 0.25) is 0 Å². The van der Waals surface area contributed by atoms with Gasteiger partial charge in [0.25, 0.3) is 5.91 Å². The maximum absolute atomic E-state index is 13.2. The quantitative estimate of drug-likeness (QED) is 0.479. The highest BCUT2D eigenvalue weighted by atomic mass is 16.3. The summed E-state index contributed by atoms with van der Waals surface area (Å²) in [7, 11) is 1.85. The smallest absolute Gasteiger partial charge is 0.257 e. The van der Waals surface area contributed by atoms with E-state index in [2.05, 4.69) is 27.2 Å². The Morgan fingerprint density at radius 2 is 2.00 bits per heavy atom. The molecule has 2 aromatic carbocycles. The summed E-state index contributed by atoms with van der Waals surface area (Å²) in [5.41, 5.74) is 3.67. The van der Waals surface area contributed by atoms with Crippen LogP contribution in [0.15, 0.2) is 71.3 Å². The van der Waals surface area contributed by atoms with E-state index in [1.54, 1.807) is 11.1 Å². The highest BCUT2D eigenvalue weighted by Gasteiger charge is 2.28. The predicted octanol–water partition coefficient (Wildman–Crippen LogP) is 4.81. The number of aromatic amines is 1. The second-order valence-electron chi connectivity index (χ2n) is 8.67. The van der Waals surface area contributed by atoms with Crippen molar-refractivity contribution in [2.24, 2.45) is 0 Å². The zero-order valence-electron chi connectivity index (χ0n) is 18.3. The van der Waals surface area contributed by atoms with Crippen molar-refractivity contribution in [1.82, 2.24) is 20.0 Å². The number of hydrogen-bond donors (Lipinski definition) is 1. The Labute approximate surface area is 187 Å². The van der Waals surface area contributed by atoms with E-state index in [9.17, 15) is 4.79 Å². The molecule has 2 aromatic heterocycles. The van der Waals surface area contributed by atoms with Crippen LogP contribution in [0.2, 0.25) is 0 Å². The molecule has 1 atom stereocenters. The predicted molar refractivity (Wildman–Crippen MR) is 124 cm³/mol. The van der Waals surface area contributed by atoms with E-state index in [-0.39, 0.29) is 11.8 Å². The largest absolute Gasteiger partial charge is 0.460 e. The van der Waals surface area contributed by atoms with Crippen molar-refractivity contribution in [1.29, 1.82) is 0 Å². The molecule has 0 aliphatic carbocycles. The number of H-pyrrole nitrogens is 1. The number of aromatic nitrogens is 2. The third-order valence-corrected chi connectivity index (χ3v) is 6.28. The van der Waals surface area contributed by atoms with Crippen LogP contribution in [-0.4, -0.2) is 46.0 Å². The van der Waals surface area contributed by atoms with E-state index >= 15 is 0 Å². The minimum absolute atomic E-state index is 0.00649. The average Bonchev–Trinajstić information content (AvgIpc) is 3.46. The van der Waals surface area contributed by atoms with Gasteiger partial charge in [-0.25, -0.2) is 0 Å². The second-order valence-corrected chi connectivity index (χ2v) is 8.67. The van der Waals surface area contributed by atoms with Crippen molar-refractivity contribution >= 4 is 16.9 Å². The van der Waals surface area contributed by atoms with Crippen LogP contribution in [-0.2, 0) is 13.1 Å². The fourth-order valence-electron chi connectivity index (χ4n) is 4.68. The number of benzene rings is 2. The molecule has 1 aliphatic rings. The van der Waals surface area contributed by atoms with Crippen LogP contribution in [0.1, 0.15) is 46.1 Å². The van der Waals surface area contributed by atoms with Gasteiger partial charge in [0.05, 0.1) is 24.0 Å². The Morgan fingerprint density at radius 1 is 1.19 bits per heavy atom. The summed E-state index contributed by atoms with van der Waals surface area (Å²) in [5, 5.41) is 8.51. The zero-order valence-corrected chi connectivity index (χ0v) is 18.3. The standard InChI is InChI=1S/C26H28N4O2/c1-29(16-19-8-3-2-4-9-19)26(31)23-15-27-28-25(23)21-11-7-13-30(17-21)18-22-14-20-10-5-6-12-24(20)32-22/h2-6,8-10,12,14-15,21H,7,11,13,16-18H2,1H3,(H,27,28)/t21-/m0/s1. The molecule has 0 radical (unpaired) electrons. The van der Waals surface area contributed by atoms with E-state index in [4.69, 9.17) is 4.42 Å². The molecule has 0 saturated carbocycles. The topological polar surface area (TPSA) is 65.4 Å². The summed E-state index contributed by atoms with van der Waals surface area (Å²) in [5.74, 6) is 1.24. The molecule has 0 unspecified atom stereocenters. The highest BCUT2D eigenvalue weighted by molar-refractivity contribution is 5.95. The van der Waals surface area contributed by atoms with Gasteiger partial charge < -0.3 is 9.32 Å². The van der Waals surface area contributed by atoms with Crippen molar-refractivity contribution in [3.63, 3.8) is 0 Å². The van der Waals surface area contributed by atoms with Crippen LogP contribution < -0.4 is 0 Å². The van der Waals surface area contributed by atoms with Gasteiger partial charge in [0.15, 0.2) is 0 Å². The van der Waals surface area contributed by atoms with E-state index in [0.29, 0.717) is 12.1 Å². The van der Waals surface area contributed by atoms with E-state index < -0.39 is 0 Å². The monoisotopic (exact) mass is 428 g/mol. The molecule has 1 saturated heterocycles. The lowest BCUT2D eigenvalue weighted by molar-refractivity contribution is 0.0782. The van der Waals surface area contributed by atoms with Crippen LogP contribution in [0.25, 0.3) is 11.0 Å². The number of carbonyl (C=O) groups is 1. The maximum Gasteiger partial charge on any atom is 0.257 e. The summed E-state index contributed by atoms with van der Waals surface area (Å²) in [6.45, 7) is 3.25. The van der Waals surface area contributed by atoms with E-state index in [1.807, 2.05) is 55.6 Å². The normalized spacial score (nSPS) is 17.0. The molecular formula is C26H28N4O2. The Kier molecular flexibility index (Phi) is 5.77. The van der Waals surface area contributed by atoms with Crippen molar-refractivity contribution < 1.29 is 9.21 Å². The Hall–Kier alpha value is -3.38. The van der Waals surface area contributed by atoms with Crippen molar-refractivity contribution in [2.45, 2.75) is 31.8 Å². The number of nitrogens with zero attached hydrogens (tertiary/aromatic N) is 3. The number of piperidine rings is 1.